The van der Waals surface area contributed by atoms with Crippen molar-refractivity contribution in [2.24, 2.45) is 0 Å². The van der Waals surface area contributed by atoms with E-state index in [1.54, 1.807) is 13.4 Å². The van der Waals surface area contributed by atoms with Crippen molar-refractivity contribution in [2.45, 2.75) is 33.4 Å². The Morgan fingerprint density at radius 2 is 2.04 bits per heavy atom. The molecule has 0 aliphatic carbocycles. The summed E-state index contributed by atoms with van der Waals surface area (Å²) in [4.78, 5) is 11.9. The van der Waals surface area contributed by atoms with E-state index in [1.807, 2.05) is 50.2 Å². The highest BCUT2D eigenvalue weighted by Crippen LogP contribution is 2.25. The molecule has 0 aliphatic rings. The molecule has 3 rings (SSSR count). The minimum atomic E-state index is -0.896. The van der Waals surface area contributed by atoms with Crippen LogP contribution < -0.4 is 10.1 Å². The third kappa shape index (κ3) is 4.28. The highest BCUT2D eigenvalue weighted by atomic mass is 16.5. The molecule has 0 bridgehead atoms. The van der Waals surface area contributed by atoms with E-state index >= 15 is 0 Å². The number of nitrogens with zero attached hydrogens (tertiary/aromatic N) is 1. The third-order valence-corrected chi connectivity index (χ3v) is 5.03. The van der Waals surface area contributed by atoms with Gasteiger partial charge in [0.25, 0.3) is 0 Å². The van der Waals surface area contributed by atoms with Crippen LogP contribution in [0.5, 0.6) is 5.75 Å². The van der Waals surface area contributed by atoms with Gasteiger partial charge in [-0.15, -0.1) is 0 Å². The monoisotopic (exact) mass is 382 g/mol. The average Bonchev–Trinajstić information content (AvgIpc) is 3.28. The Hall–Kier alpha value is -2.99. The van der Waals surface area contributed by atoms with Crippen molar-refractivity contribution in [3.8, 4) is 5.75 Å². The molecule has 3 aromatic rings. The molecule has 0 unspecified atom stereocenters. The Bertz CT molecular complexity index is 942. The van der Waals surface area contributed by atoms with Gasteiger partial charge in [0.05, 0.1) is 18.9 Å². The van der Waals surface area contributed by atoms with Crippen LogP contribution in [0, 0.1) is 13.8 Å². The summed E-state index contributed by atoms with van der Waals surface area (Å²) in [6.07, 6.45) is 2.42. The van der Waals surface area contributed by atoms with Crippen molar-refractivity contribution in [3.05, 3.63) is 76.5 Å². The van der Waals surface area contributed by atoms with Crippen molar-refractivity contribution in [2.75, 3.05) is 13.7 Å². The zero-order valence-electron chi connectivity index (χ0n) is 16.5. The summed E-state index contributed by atoms with van der Waals surface area (Å²) in [7, 11) is 1.64. The van der Waals surface area contributed by atoms with Crippen molar-refractivity contribution in [1.29, 1.82) is 0 Å². The van der Waals surface area contributed by atoms with E-state index in [0.29, 0.717) is 25.2 Å². The molecular formula is C22H26N2O4. The molecule has 2 N–H and O–H groups in total. The van der Waals surface area contributed by atoms with Crippen molar-refractivity contribution >= 4 is 5.97 Å². The zero-order chi connectivity index (χ0) is 20.1. The second-order valence-corrected chi connectivity index (χ2v) is 6.77. The number of nitrogens with one attached hydrogen (secondary N) is 1. The molecule has 28 heavy (non-hydrogen) atoms. The number of carboxylic acids is 1. The van der Waals surface area contributed by atoms with Gasteiger partial charge in [0, 0.05) is 43.0 Å². The molecule has 2 heterocycles. The Morgan fingerprint density at radius 1 is 1.21 bits per heavy atom. The maximum atomic E-state index is 11.9. The summed E-state index contributed by atoms with van der Waals surface area (Å²) in [5, 5.41) is 13.1. The quantitative estimate of drug-likeness (QED) is 0.551. The largest absolute Gasteiger partial charge is 0.497 e. The van der Waals surface area contributed by atoms with E-state index in [2.05, 4.69) is 9.88 Å². The summed E-state index contributed by atoms with van der Waals surface area (Å²) in [5.41, 5.74) is 3.99. The first-order valence-corrected chi connectivity index (χ1v) is 9.29. The van der Waals surface area contributed by atoms with Crippen LogP contribution in [0.2, 0.25) is 0 Å². The standard InChI is InChI=1S/C22H26N2O4/c1-15-20(13-23-10-9-18-8-5-11-28-18)21(22(25)26)16(2)24(15)14-17-6-4-7-19(12-17)27-3/h4-8,11-12,23H,9-10,13-14H2,1-3H3,(H,25,26). The van der Waals surface area contributed by atoms with E-state index in [4.69, 9.17) is 9.15 Å². The van der Waals surface area contributed by atoms with Crippen LogP contribution in [0.3, 0.4) is 0 Å². The molecule has 0 fully saturated rings. The highest BCUT2D eigenvalue weighted by molar-refractivity contribution is 5.91. The molecule has 0 amide bonds. The zero-order valence-corrected chi connectivity index (χ0v) is 16.5. The smallest absolute Gasteiger partial charge is 0.337 e. The lowest BCUT2D eigenvalue weighted by molar-refractivity contribution is 0.0694. The Morgan fingerprint density at radius 3 is 2.71 bits per heavy atom. The molecule has 6 nitrogen and oxygen atoms in total. The second-order valence-electron chi connectivity index (χ2n) is 6.77. The number of furan rings is 1. The Balaban J connectivity index is 1.79. The minimum absolute atomic E-state index is 0.380. The number of ether oxygens (including phenoxy) is 1. The molecule has 6 heteroatoms. The van der Waals surface area contributed by atoms with E-state index in [0.717, 1.165) is 40.4 Å². The van der Waals surface area contributed by atoms with E-state index < -0.39 is 5.97 Å². The molecule has 1 aromatic carbocycles. The topological polar surface area (TPSA) is 76.6 Å². The number of methoxy groups -OCH3 is 1. The van der Waals surface area contributed by atoms with Crippen molar-refractivity contribution in [3.63, 3.8) is 0 Å². The number of benzene rings is 1. The van der Waals surface area contributed by atoms with Crippen LogP contribution in [0.15, 0.2) is 47.1 Å². The van der Waals surface area contributed by atoms with Gasteiger partial charge in [-0.2, -0.15) is 0 Å². The first kappa shape index (κ1) is 19.8. The predicted octanol–water partition coefficient (Wildman–Crippen LogP) is 3.79. The summed E-state index contributed by atoms with van der Waals surface area (Å²) in [6, 6.07) is 11.6. The maximum Gasteiger partial charge on any atom is 0.337 e. The molecule has 148 valence electrons. The molecule has 0 saturated carbocycles. The van der Waals surface area contributed by atoms with Gasteiger partial charge in [0.1, 0.15) is 11.5 Å². The molecule has 0 radical (unpaired) electrons. The fourth-order valence-electron chi connectivity index (χ4n) is 3.52. The molecule has 0 aliphatic heterocycles. The van der Waals surface area contributed by atoms with Gasteiger partial charge in [-0.25, -0.2) is 4.79 Å². The molecule has 2 aromatic heterocycles. The van der Waals surface area contributed by atoms with Crippen LogP contribution in [0.1, 0.15) is 38.6 Å². The van der Waals surface area contributed by atoms with Gasteiger partial charge < -0.3 is 24.1 Å². The first-order chi connectivity index (χ1) is 13.5. The summed E-state index contributed by atoms with van der Waals surface area (Å²) in [6.45, 7) is 5.65. The van der Waals surface area contributed by atoms with Crippen LogP contribution >= 0.6 is 0 Å². The van der Waals surface area contributed by atoms with Crippen molar-refractivity contribution in [1.82, 2.24) is 9.88 Å². The number of hydrogen-bond donors (Lipinski definition) is 2. The summed E-state index contributed by atoms with van der Waals surface area (Å²) < 4.78 is 12.7. The first-order valence-electron chi connectivity index (χ1n) is 9.29. The molecule has 0 spiro atoms. The fourth-order valence-corrected chi connectivity index (χ4v) is 3.52. The molecule has 0 atom stereocenters. The van der Waals surface area contributed by atoms with Crippen molar-refractivity contribution < 1.29 is 19.1 Å². The number of aromatic carboxylic acids is 1. The average molecular weight is 382 g/mol. The van der Waals surface area contributed by atoms with E-state index in [1.165, 1.54) is 0 Å². The number of aromatic nitrogens is 1. The Labute approximate surface area is 164 Å². The van der Waals surface area contributed by atoms with Gasteiger partial charge in [0.15, 0.2) is 0 Å². The predicted molar refractivity (Wildman–Crippen MR) is 107 cm³/mol. The fraction of sp³-hybridized carbons (Fsp3) is 0.318. The van der Waals surface area contributed by atoms with Crippen LogP contribution in [0.25, 0.3) is 0 Å². The van der Waals surface area contributed by atoms with Crippen LogP contribution in [0.4, 0.5) is 0 Å². The third-order valence-electron chi connectivity index (χ3n) is 5.03. The van der Waals surface area contributed by atoms with E-state index in [9.17, 15) is 9.90 Å². The van der Waals surface area contributed by atoms with Crippen LogP contribution in [-0.2, 0) is 19.5 Å². The minimum Gasteiger partial charge on any atom is -0.497 e. The number of hydrogen-bond acceptors (Lipinski definition) is 4. The number of carbonyl (C=O) groups is 1. The van der Waals surface area contributed by atoms with Gasteiger partial charge in [-0.3, -0.25) is 0 Å². The lowest BCUT2D eigenvalue weighted by Crippen LogP contribution is -2.18. The molecular weight excluding hydrogens is 356 g/mol. The van der Waals surface area contributed by atoms with Gasteiger partial charge in [0.2, 0.25) is 0 Å². The summed E-state index contributed by atoms with van der Waals surface area (Å²) >= 11 is 0. The summed E-state index contributed by atoms with van der Waals surface area (Å²) in [5.74, 6) is 0.806. The lowest BCUT2D eigenvalue weighted by Gasteiger charge is -2.11. The van der Waals surface area contributed by atoms with Gasteiger partial charge in [-0.1, -0.05) is 12.1 Å². The highest BCUT2D eigenvalue weighted by Gasteiger charge is 2.22. The van der Waals surface area contributed by atoms with Gasteiger partial charge in [-0.05, 0) is 43.7 Å². The van der Waals surface area contributed by atoms with Crippen LogP contribution in [-0.4, -0.2) is 29.3 Å². The SMILES string of the molecule is COc1cccc(Cn2c(C)c(CNCCc3ccco3)c(C(=O)O)c2C)c1. The second kappa shape index (κ2) is 8.80. The van der Waals surface area contributed by atoms with Gasteiger partial charge >= 0.3 is 5.97 Å². The normalized spacial score (nSPS) is 11.0. The Kier molecular flexibility index (Phi) is 6.21. The lowest BCUT2D eigenvalue weighted by atomic mass is 10.1. The molecule has 0 saturated heterocycles. The number of carboxylic acid groups (broad SMARTS) is 1. The maximum absolute atomic E-state index is 11.9. The van der Waals surface area contributed by atoms with E-state index in [-0.39, 0.29) is 0 Å². The number of rotatable bonds is 9.